The number of methoxy groups -OCH3 is 1. The van der Waals surface area contributed by atoms with Crippen LogP contribution in [0.2, 0.25) is 5.02 Å². The van der Waals surface area contributed by atoms with Gasteiger partial charge >= 0.3 is 12.0 Å². The number of nitrogens with one attached hydrogen (secondary N) is 2. The monoisotopic (exact) mass is 342 g/mol. The first-order chi connectivity index (χ1) is 10.8. The molecule has 0 saturated heterocycles. The van der Waals surface area contributed by atoms with Gasteiger partial charge in [0.05, 0.1) is 13.5 Å². The van der Waals surface area contributed by atoms with Gasteiger partial charge in [0.1, 0.15) is 5.75 Å². The summed E-state index contributed by atoms with van der Waals surface area (Å²) in [6.07, 6.45) is -0.102. The van der Waals surface area contributed by atoms with E-state index < -0.39 is 24.5 Å². The van der Waals surface area contributed by atoms with Gasteiger partial charge in [0, 0.05) is 16.6 Å². The quantitative estimate of drug-likeness (QED) is 0.767. The van der Waals surface area contributed by atoms with E-state index in [0.717, 1.165) is 0 Å². The minimum Gasteiger partial charge on any atom is -0.496 e. The third-order valence-corrected chi connectivity index (χ3v) is 2.85. The molecule has 0 atom stereocenters. The molecule has 0 fully saturated rings. The fraction of sp³-hybridized carbons (Fsp3) is 0.400. The van der Waals surface area contributed by atoms with E-state index in [4.69, 9.17) is 21.1 Å². The molecule has 7 nitrogen and oxygen atoms in total. The Kier molecular flexibility index (Phi) is 7.34. The van der Waals surface area contributed by atoms with Crippen LogP contribution >= 0.6 is 11.6 Å². The minimum absolute atomic E-state index is 0.102. The van der Waals surface area contributed by atoms with Crippen LogP contribution in [0.15, 0.2) is 18.2 Å². The van der Waals surface area contributed by atoms with E-state index in [-0.39, 0.29) is 12.5 Å². The number of halogens is 1. The lowest BCUT2D eigenvalue weighted by Crippen LogP contribution is -2.44. The molecule has 126 valence electrons. The van der Waals surface area contributed by atoms with Gasteiger partial charge < -0.3 is 14.8 Å². The van der Waals surface area contributed by atoms with Crippen LogP contribution in [0.3, 0.4) is 0 Å². The SMILES string of the molecule is COc1ccc(Cl)cc1CC(=O)OCC(=O)NC(=O)NC(C)C. The Hall–Kier alpha value is -2.28. The van der Waals surface area contributed by atoms with Gasteiger partial charge in [-0.05, 0) is 32.0 Å². The summed E-state index contributed by atoms with van der Waals surface area (Å²) in [5.41, 5.74) is 0.544. The number of amides is 3. The first kappa shape index (κ1) is 18.8. The average Bonchev–Trinajstić information content (AvgIpc) is 2.44. The van der Waals surface area contributed by atoms with E-state index in [1.165, 1.54) is 7.11 Å². The van der Waals surface area contributed by atoms with Crippen molar-refractivity contribution in [3.63, 3.8) is 0 Å². The summed E-state index contributed by atoms with van der Waals surface area (Å²) in [4.78, 5) is 34.5. The van der Waals surface area contributed by atoms with Gasteiger partial charge in [0.15, 0.2) is 6.61 Å². The molecule has 0 radical (unpaired) electrons. The fourth-order valence-corrected chi connectivity index (χ4v) is 1.89. The van der Waals surface area contributed by atoms with Gasteiger partial charge in [0.2, 0.25) is 0 Å². The fourth-order valence-electron chi connectivity index (χ4n) is 1.70. The molecule has 1 aromatic rings. The first-order valence-electron chi connectivity index (χ1n) is 6.90. The van der Waals surface area contributed by atoms with E-state index in [2.05, 4.69) is 10.6 Å². The van der Waals surface area contributed by atoms with Gasteiger partial charge in [-0.3, -0.25) is 14.9 Å². The maximum atomic E-state index is 11.8. The van der Waals surface area contributed by atoms with Gasteiger partial charge in [-0.15, -0.1) is 0 Å². The summed E-state index contributed by atoms with van der Waals surface area (Å²) in [6.45, 7) is 2.96. The number of ether oxygens (including phenoxy) is 2. The van der Waals surface area contributed by atoms with Crippen LogP contribution in [0.1, 0.15) is 19.4 Å². The Bertz CT molecular complexity index is 589. The van der Waals surface area contributed by atoms with Gasteiger partial charge in [-0.2, -0.15) is 0 Å². The highest BCUT2D eigenvalue weighted by Crippen LogP contribution is 2.23. The number of benzene rings is 1. The topological polar surface area (TPSA) is 93.7 Å². The number of carbonyl (C=O) groups excluding carboxylic acids is 3. The molecule has 0 aliphatic heterocycles. The van der Waals surface area contributed by atoms with Crippen molar-refractivity contribution >= 4 is 29.5 Å². The van der Waals surface area contributed by atoms with Crippen molar-refractivity contribution in [2.75, 3.05) is 13.7 Å². The highest BCUT2D eigenvalue weighted by atomic mass is 35.5. The highest BCUT2D eigenvalue weighted by Gasteiger charge is 2.14. The lowest BCUT2D eigenvalue weighted by Gasteiger charge is -2.10. The first-order valence-corrected chi connectivity index (χ1v) is 7.28. The van der Waals surface area contributed by atoms with Crippen molar-refractivity contribution in [3.8, 4) is 5.75 Å². The number of urea groups is 1. The predicted molar refractivity (Wildman–Crippen MR) is 84.5 cm³/mol. The van der Waals surface area contributed by atoms with Crippen LogP contribution in [0, 0.1) is 0 Å². The van der Waals surface area contributed by atoms with E-state index in [1.54, 1.807) is 32.0 Å². The molecule has 0 aromatic heterocycles. The summed E-state index contributed by atoms with van der Waals surface area (Å²) in [6, 6.07) is 4.10. The van der Waals surface area contributed by atoms with E-state index >= 15 is 0 Å². The summed E-state index contributed by atoms with van der Waals surface area (Å²) >= 11 is 5.87. The molecule has 0 heterocycles. The van der Waals surface area contributed by atoms with E-state index in [0.29, 0.717) is 16.3 Å². The molecule has 1 aromatic carbocycles. The molecule has 0 saturated carbocycles. The standard InChI is InChI=1S/C15H19ClN2O5/c1-9(2)17-15(21)18-13(19)8-23-14(20)7-10-6-11(16)4-5-12(10)22-3/h4-6,9H,7-8H2,1-3H3,(H2,17,18,19,21). The normalized spacial score (nSPS) is 10.1. The third-order valence-electron chi connectivity index (χ3n) is 2.61. The van der Waals surface area contributed by atoms with Crippen LogP contribution in [-0.2, 0) is 20.7 Å². The Balaban J connectivity index is 2.47. The number of carbonyl (C=O) groups is 3. The summed E-state index contributed by atoms with van der Waals surface area (Å²) in [5, 5.41) is 4.99. The number of imide groups is 1. The Morgan fingerprint density at radius 2 is 1.96 bits per heavy atom. The molecule has 0 bridgehead atoms. The molecule has 0 aliphatic carbocycles. The number of hydrogen-bond acceptors (Lipinski definition) is 5. The van der Waals surface area contributed by atoms with Gasteiger partial charge in [-0.25, -0.2) is 4.79 Å². The second-order valence-corrected chi connectivity index (χ2v) is 5.41. The van der Waals surface area contributed by atoms with Crippen molar-refractivity contribution in [2.45, 2.75) is 26.3 Å². The molecular weight excluding hydrogens is 324 g/mol. The predicted octanol–water partition coefficient (Wildman–Crippen LogP) is 1.67. The molecule has 0 unspecified atom stereocenters. The second-order valence-electron chi connectivity index (χ2n) is 4.97. The van der Waals surface area contributed by atoms with Gasteiger partial charge in [0.25, 0.3) is 5.91 Å². The largest absolute Gasteiger partial charge is 0.496 e. The molecule has 0 aliphatic rings. The molecule has 2 N–H and O–H groups in total. The zero-order valence-corrected chi connectivity index (χ0v) is 13.9. The number of hydrogen-bond donors (Lipinski definition) is 2. The summed E-state index contributed by atoms with van der Waals surface area (Å²) < 4.78 is 9.94. The average molecular weight is 343 g/mol. The van der Waals surface area contributed by atoms with Crippen molar-refractivity contribution in [3.05, 3.63) is 28.8 Å². The Morgan fingerprint density at radius 3 is 2.57 bits per heavy atom. The van der Waals surface area contributed by atoms with Crippen molar-refractivity contribution in [1.82, 2.24) is 10.6 Å². The number of rotatable bonds is 6. The van der Waals surface area contributed by atoms with Crippen LogP contribution in [0.25, 0.3) is 0 Å². The molecular formula is C15H19ClN2O5. The molecule has 1 rings (SSSR count). The van der Waals surface area contributed by atoms with Crippen LogP contribution in [0.4, 0.5) is 4.79 Å². The summed E-state index contributed by atoms with van der Waals surface area (Å²) in [7, 11) is 1.47. The van der Waals surface area contributed by atoms with Crippen molar-refractivity contribution in [2.24, 2.45) is 0 Å². The molecule has 8 heteroatoms. The third kappa shape index (κ3) is 7.01. The zero-order chi connectivity index (χ0) is 17.4. The lowest BCUT2D eigenvalue weighted by atomic mass is 10.1. The smallest absolute Gasteiger partial charge is 0.321 e. The minimum atomic E-state index is -0.713. The van der Waals surface area contributed by atoms with Crippen molar-refractivity contribution < 1.29 is 23.9 Å². The van der Waals surface area contributed by atoms with Crippen LogP contribution in [0.5, 0.6) is 5.75 Å². The number of esters is 1. The molecule has 0 spiro atoms. The lowest BCUT2D eigenvalue weighted by molar-refractivity contribution is -0.147. The maximum Gasteiger partial charge on any atom is 0.321 e. The van der Waals surface area contributed by atoms with Crippen LogP contribution in [-0.4, -0.2) is 37.7 Å². The molecule has 3 amide bonds. The highest BCUT2D eigenvalue weighted by molar-refractivity contribution is 6.30. The van der Waals surface area contributed by atoms with E-state index in [9.17, 15) is 14.4 Å². The van der Waals surface area contributed by atoms with Gasteiger partial charge in [-0.1, -0.05) is 11.6 Å². The maximum absolute atomic E-state index is 11.8. The van der Waals surface area contributed by atoms with Crippen LogP contribution < -0.4 is 15.4 Å². The summed E-state index contributed by atoms with van der Waals surface area (Å²) in [5.74, 6) is -0.855. The zero-order valence-electron chi connectivity index (χ0n) is 13.1. The van der Waals surface area contributed by atoms with E-state index in [1.807, 2.05) is 0 Å². The Morgan fingerprint density at radius 1 is 1.26 bits per heavy atom. The Labute approximate surface area is 139 Å². The second kappa shape index (κ2) is 8.99. The van der Waals surface area contributed by atoms with Crippen molar-refractivity contribution in [1.29, 1.82) is 0 Å². The molecule has 23 heavy (non-hydrogen) atoms.